The molecule has 0 aliphatic carbocycles. The summed E-state index contributed by atoms with van der Waals surface area (Å²) in [6.45, 7) is 0. The Bertz CT molecular complexity index is 1120. The van der Waals surface area contributed by atoms with Crippen molar-refractivity contribution in [2.75, 3.05) is 5.32 Å². The second-order valence-electron chi connectivity index (χ2n) is 6.56. The van der Waals surface area contributed by atoms with Crippen molar-refractivity contribution >= 4 is 23.2 Å². The summed E-state index contributed by atoms with van der Waals surface area (Å²) in [6.07, 6.45) is 2.31. The zero-order valence-corrected chi connectivity index (χ0v) is 16.4. The molecule has 29 heavy (non-hydrogen) atoms. The van der Waals surface area contributed by atoms with Crippen molar-refractivity contribution in [3.63, 3.8) is 0 Å². The number of rotatable bonds is 6. The Morgan fingerprint density at radius 2 is 1.59 bits per heavy atom. The molecule has 0 radical (unpaired) electrons. The van der Waals surface area contributed by atoms with Crippen LogP contribution in [-0.4, -0.2) is 10.9 Å². The number of carbonyl (C=O) groups excluding carboxylic acids is 1. The van der Waals surface area contributed by atoms with Gasteiger partial charge in [0.05, 0.1) is 11.2 Å². The predicted molar refractivity (Wildman–Crippen MR) is 116 cm³/mol. The standard InChI is InChI=1S/C24H19ClN2O2/c25-20-12-6-4-11-19(20)22-16-26-24(29-22)15-14-23(28)27-21-13-7-5-10-18(21)17-8-2-1-3-9-17/h1-13,16H,14-15H2,(H,27,28). The predicted octanol–water partition coefficient (Wildman–Crippen LogP) is 6.23. The van der Waals surface area contributed by atoms with Gasteiger partial charge in [0.15, 0.2) is 11.7 Å². The van der Waals surface area contributed by atoms with Gasteiger partial charge in [-0.05, 0) is 23.8 Å². The van der Waals surface area contributed by atoms with Gasteiger partial charge in [0.2, 0.25) is 5.91 Å². The van der Waals surface area contributed by atoms with Crippen LogP contribution in [0.25, 0.3) is 22.5 Å². The highest BCUT2D eigenvalue weighted by Crippen LogP contribution is 2.29. The van der Waals surface area contributed by atoms with Gasteiger partial charge in [0.25, 0.3) is 0 Å². The molecular formula is C24H19ClN2O2. The van der Waals surface area contributed by atoms with E-state index in [0.29, 0.717) is 23.1 Å². The van der Waals surface area contributed by atoms with Crippen molar-refractivity contribution in [1.29, 1.82) is 0 Å². The molecule has 0 spiro atoms. The zero-order valence-electron chi connectivity index (χ0n) is 15.6. The lowest BCUT2D eigenvalue weighted by atomic mass is 10.0. The van der Waals surface area contributed by atoms with E-state index in [9.17, 15) is 4.79 Å². The highest BCUT2D eigenvalue weighted by Gasteiger charge is 2.12. The number of oxazole rings is 1. The van der Waals surface area contributed by atoms with Crippen LogP contribution in [0.2, 0.25) is 5.02 Å². The number of halogens is 1. The van der Waals surface area contributed by atoms with Crippen molar-refractivity contribution in [2.45, 2.75) is 12.8 Å². The monoisotopic (exact) mass is 402 g/mol. The fourth-order valence-electron chi connectivity index (χ4n) is 3.11. The minimum Gasteiger partial charge on any atom is -0.441 e. The van der Waals surface area contributed by atoms with Gasteiger partial charge in [-0.1, -0.05) is 72.3 Å². The van der Waals surface area contributed by atoms with Crippen molar-refractivity contribution in [2.24, 2.45) is 0 Å². The fourth-order valence-corrected chi connectivity index (χ4v) is 3.33. The summed E-state index contributed by atoms with van der Waals surface area (Å²) in [5, 5.41) is 3.60. The lowest BCUT2D eigenvalue weighted by molar-refractivity contribution is -0.116. The molecule has 144 valence electrons. The van der Waals surface area contributed by atoms with E-state index in [0.717, 1.165) is 22.4 Å². The summed E-state index contributed by atoms with van der Waals surface area (Å²) in [6, 6.07) is 25.2. The number of nitrogens with zero attached hydrogens (tertiary/aromatic N) is 1. The van der Waals surface area contributed by atoms with Crippen LogP contribution in [0.3, 0.4) is 0 Å². The number of aryl methyl sites for hydroxylation is 1. The number of hydrogen-bond donors (Lipinski definition) is 1. The molecule has 4 nitrogen and oxygen atoms in total. The molecule has 5 heteroatoms. The van der Waals surface area contributed by atoms with Gasteiger partial charge >= 0.3 is 0 Å². The number of benzene rings is 3. The molecule has 0 aliphatic rings. The molecule has 0 aliphatic heterocycles. The van der Waals surface area contributed by atoms with Crippen molar-refractivity contribution in [3.8, 4) is 22.5 Å². The highest BCUT2D eigenvalue weighted by atomic mass is 35.5. The number of hydrogen-bond acceptors (Lipinski definition) is 3. The Kier molecular flexibility index (Phi) is 5.73. The fraction of sp³-hybridized carbons (Fsp3) is 0.0833. The minimum absolute atomic E-state index is 0.0918. The van der Waals surface area contributed by atoms with Crippen molar-refractivity contribution < 1.29 is 9.21 Å². The van der Waals surface area contributed by atoms with E-state index in [2.05, 4.69) is 10.3 Å². The van der Waals surface area contributed by atoms with Gasteiger partial charge in [-0.3, -0.25) is 4.79 Å². The van der Waals surface area contributed by atoms with Gasteiger partial charge in [-0.25, -0.2) is 4.98 Å². The molecule has 4 rings (SSSR count). The molecule has 1 aromatic heterocycles. The highest BCUT2D eigenvalue weighted by molar-refractivity contribution is 6.33. The molecule has 1 amide bonds. The Morgan fingerprint density at radius 3 is 2.38 bits per heavy atom. The third kappa shape index (κ3) is 4.55. The average molecular weight is 403 g/mol. The lowest BCUT2D eigenvalue weighted by Crippen LogP contribution is -2.13. The maximum Gasteiger partial charge on any atom is 0.224 e. The van der Waals surface area contributed by atoms with Crippen molar-refractivity contribution in [1.82, 2.24) is 4.98 Å². The minimum atomic E-state index is -0.0918. The van der Waals surface area contributed by atoms with E-state index in [1.807, 2.05) is 72.8 Å². The normalized spacial score (nSPS) is 10.7. The maximum atomic E-state index is 12.5. The van der Waals surface area contributed by atoms with Gasteiger partial charge in [0.1, 0.15) is 0 Å². The molecule has 0 fully saturated rings. The van der Waals surface area contributed by atoms with Gasteiger partial charge < -0.3 is 9.73 Å². The van der Waals surface area contributed by atoms with E-state index in [-0.39, 0.29) is 12.3 Å². The molecule has 0 unspecified atom stereocenters. The Balaban J connectivity index is 1.41. The molecule has 0 bridgehead atoms. The summed E-state index contributed by atoms with van der Waals surface area (Å²) >= 11 is 6.20. The van der Waals surface area contributed by atoms with E-state index < -0.39 is 0 Å². The van der Waals surface area contributed by atoms with Crippen LogP contribution in [0.5, 0.6) is 0 Å². The molecule has 1 N–H and O–H groups in total. The SMILES string of the molecule is O=C(CCc1ncc(-c2ccccc2Cl)o1)Nc1ccccc1-c1ccccc1. The van der Waals surface area contributed by atoms with Crippen LogP contribution in [0, 0.1) is 0 Å². The first kappa shape index (κ1) is 19.0. The van der Waals surface area contributed by atoms with E-state index in [1.54, 1.807) is 12.3 Å². The van der Waals surface area contributed by atoms with Crippen LogP contribution in [0.4, 0.5) is 5.69 Å². The first-order valence-electron chi connectivity index (χ1n) is 9.34. The molecular weight excluding hydrogens is 384 g/mol. The Morgan fingerprint density at radius 1 is 0.897 bits per heavy atom. The van der Waals surface area contributed by atoms with E-state index >= 15 is 0 Å². The second-order valence-corrected chi connectivity index (χ2v) is 6.97. The van der Waals surface area contributed by atoms with Crippen LogP contribution in [-0.2, 0) is 11.2 Å². The van der Waals surface area contributed by atoms with E-state index in [4.69, 9.17) is 16.0 Å². The van der Waals surface area contributed by atoms with Crippen molar-refractivity contribution in [3.05, 3.63) is 96.0 Å². The van der Waals surface area contributed by atoms with Crippen LogP contribution in [0.15, 0.2) is 89.5 Å². The van der Waals surface area contributed by atoms with Gasteiger partial charge in [-0.15, -0.1) is 0 Å². The number of anilines is 1. The first-order valence-corrected chi connectivity index (χ1v) is 9.72. The number of carbonyl (C=O) groups is 1. The number of amides is 1. The van der Waals surface area contributed by atoms with E-state index in [1.165, 1.54) is 0 Å². The topological polar surface area (TPSA) is 55.1 Å². The first-order chi connectivity index (χ1) is 14.2. The van der Waals surface area contributed by atoms with Gasteiger partial charge in [0, 0.05) is 29.7 Å². The summed E-state index contributed by atoms with van der Waals surface area (Å²) in [7, 11) is 0. The Hall–Kier alpha value is -3.37. The molecule has 0 atom stereocenters. The smallest absolute Gasteiger partial charge is 0.224 e. The number of aromatic nitrogens is 1. The average Bonchev–Trinajstić information content (AvgIpc) is 3.22. The molecule has 1 heterocycles. The molecule has 0 saturated heterocycles. The van der Waals surface area contributed by atoms with Crippen LogP contribution >= 0.6 is 11.6 Å². The third-order valence-corrected chi connectivity index (χ3v) is 4.87. The summed E-state index contributed by atoms with van der Waals surface area (Å²) in [5.74, 6) is 1.01. The number of nitrogens with one attached hydrogen (secondary N) is 1. The largest absolute Gasteiger partial charge is 0.441 e. The van der Waals surface area contributed by atoms with Crippen LogP contribution in [0.1, 0.15) is 12.3 Å². The van der Waals surface area contributed by atoms with Crippen LogP contribution < -0.4 is 5.32 Å². The molecule has 4 aromatic rings. The Labute approximate surface area is 174 Å². The third-order valence-electron chi connectivity index (χ3n) is 4.54. The summed E-state index contributed by atoms with van der Waals surface area (Å²) in [5.41, 5.74) is 3.61. The summed E-state index contributed by atoms with van der Waals surface area (Å²) < 4.78 is 5.77. The second kappa shape index (κ2) is 8.76. The number of para-hydroxylation sites is 1. The molecule has 0 saturated carbocycles. The quantitative estimate of drug-likeness (QED) is 0.415. The molecule has 3 aromatic carbocycles. The zero-order chi connectivity index (χ0) is 20.1. The van der Waals surface area contributed by atoms with Gasteiger partial charge in [-0.2, -0.15) is 0 Å². The lowest BCUT2D eigenvalue weighted by Gasteiger charge is -2.11. The summed E-state index contributed by atoms with van der Waals surface area (Å²) in [4.78, 5) is 16.8. The maximum absolute atomic E-state index is 12.5.